The molecule has 0 saturated heterocycles. The van der Waals surface area contributed by atoms with Crippen molar-refractivity contribution in [3.63, 3.8) is 0 Å². The first kappa shape index (κ1) is 18.1. The Morgan fingerprint density at radius 3 is 2.57 bits per heavy atom. The van der Waals surface area contributed by atoms with Crippen LogP contribution in [0, 0.1) is 0 Å². The van der Waals surface area contributed by atoms with Crippen LogP contribution in [0.4, 0.5) is 10.5 Å². The zero-order valence-electron chi connectivity index (χ0n) is 11.1. The molecule has 0 bridgehead atoms. The maximum Gasteiger partial charge on any atom is 0.337 e. The summed E-state index contributed by atoms with van der Waals surface area (Å²) in [5, 5.41) is 14.2. The number of carboxylic acids is 1. The molecule has 116 valence electrons. The van der Waals surface area contributed by atoms with E-state index in [1.807, 2.05) is 0 Å². The highest BCUT2D eigenvalue weighted by Crippen LogP contribution is 2.30. The summed E-state index contributed by atoms with van der Waals surface area (Å²) in [6, 6.07) is 2.48. The van der Waals surface area contributed by atoms with Gasteiger partial charge in [0.1, 0.15) is 0 Å². The lowest BCUT2D eigenvalue weighted by atomic mass is 10.2. The number of hydrogen-bond donors (Lipinski definition) is 3. The van der Waals surface area contributed by atoms with Crippen molar-refractivity contribution < 1.29 is 18.9 Å². The fourth-order valence-corrected chi connectivity index (χ4v) is 3.39. The van der Waals surface area contributed by atoms with Crippen LogP contribution >= 0.6 is 31.9 Å². The van der Waals surface area contributed by atoms with Gasteiger partial charge >= 0.3 is 12.0 Å². The maximum absolute atomic E-state index is 11.7. The van der Waals surface area contributed by atoms with Gasteiger partial charge in [-0.3, -0.25) is 4.21 Å². The number of nitrogens with one attached hydrogen (secondary N) is 2. The van der Waals surface area contributed by atoms with Gasteiger partial charge < -0.3 is 15.7 Å². The molecule has 1 atom stereocenters. The van der Waals surface area contributed by atoms with E-state index in [1.54, 1.807) is 13.0 Å². The molecule has 1 aromatic carbocycles. The van der Waals surface area contributed by atoms with Gasteiger partial charge in [-0.05, 0) is 28.1 Å². The average molecular weight is 442 g/mol. The van der Waals surface area contributed by atoms with Gasteiger partial charge in [0.2, 0.25) is 0 Å². The fourth-order valence-electron chi connectivity index (χ4n) is 1.45. The third kappa shape index (κ3) is 5.76. The van der Waals surface area contributed by atoms with Crippen molar-refractivity contribution in [2.45, 2.75) is 6.92 Å². The summed E-state index contributed by atoms with van der Waals surface area (Å²) in [5.74, 6) is -0.263. The van der Waals surface area contributed by atoms with E-state index in [-0.39, 0.29) is 17.8 Å². The third-order valence-corrected chi connectivity index (χ3v) is 4.85. The Bertz CT molecular complexity index is 581. The number of anilines is 1. The summed E-state index contributed by atoms with van der Waals surface area (Å²) in [7, 11) is -0.961. The van der Waals surface area contributed by atoms with E-state index in [0.29, 0.717) is 20.5 Å². The van der Waals surface area contributed by atoms with E-state index in [0.717, 1.165) is 0 Å². The largest absolute Gasteiger partial charge is 0.478 e. The SMILES string of the molecule is CCS(=O)CCNC(=O)Nc1c(Br)cc(Br)cc1C(=O)O. The molecule has 1 unspecified atom stereocenters. The number of aromatic carboxylic acids is 1. The van der Waals surface area contributed by atoms with Crippen LogP contribution in [0.1, 0.15) is 17.3 Å². The molecule has 3 N–H and O–H groups in total. The minimum absolute atomic E-state index is 0.0384. The molecule has 2 amide bonds. The van der Waals surface area contributed by atoms with Gasteiger partial charge in [-0.1, -0.05) is 22.9 Å². The first-order chi connectivity index (χ1) is 9.85. The second kappa shape index (κ2) is 8.50. The Balaban J connectivity index is 2.76. The summed E-state index contributed by atoms with van der Waals surface area (Å²) < 4.78 is 12.3. The number of carbonyl (C=O) groups is 2. The van der Waals surface area contributed by atoms with Gasteiger partial charge in [0.05, 0.1) is 11.3 Å². The van der Waals surface area contributed by atoms with Gasteiger partial charge in [0.25, 0.3) is 0 Å². The Hall–Kier alpha value is -0.930. The molecule has 1 aromatic rings. The quantitative estimate of drug-likeness (QED) is 0.632. The molecule has 0 aliphatic carbocycles. The van der Waals surface area contributed by atoms with E-state index in [9.17, 15) is 13.8 Å². The number of carboxylic acid groups (broad SMARTS) is 1. The van der Waals surface area contributed by atoms with E-state index in [1.165, 1.54) is 6.07 Å². The van der Waals surface area contributed by atoms with Crippen LogP contribution in [0.5, 0.6) is 0 Å². The maximum atomic E-state index is 11.7. The second-order valence-corrected chi connectivity index (χ2v) is 7.56. The molecule has 9 heteroatoms. The van der Waals surface area contributed by atoms with E-state index < -0.39 is 22.8 Å². The van der Waals surface area contributed by atoms with Crippen LogP contribution in [0.2, 0.25) is 0 Å². The number of benzene rings is 1. The molecule has 0 aliphatic rings. The monoisotopic (exact) mass is 440 g/mol. The minimum atomic E-state index is -1.15. The van der Waals surface area contributed by atoms with Crippen LogP contribution < -0.4 is 10.6 Å². The number of amides is 2. The topological polar surface area (TPSA) is 95.5 Å². The predicted octanol–water partition coefficient (Wildman–Crippen LogP) is 2.80. The van der Waals surface area contributed by atoms with E-state index in [4.69, 9.17) is 5.11 Å². The zero-order chi connectivity index (χ0) is 16.0. The summed E-state index contributed by atoms with van der Waals surface area (Å²) in [6.45, 7) is 2.05. The molecule has 0 aromatic heterocycles. The van der Waals surface area contributed by atoms with Crippen molar-refractivity contribution >= 4 is 60.3 Å². The van der Waals surface area contributed by atoms with Gasteiger partial charge in [0.15, 0.2) is 0 Å². The van der Waals surface area contributed by atoms with Gasteiger partial charge in [-0.15, -0.1) is 0 Å². The third-order valence-electron chi connectivity index (χ3n) is 2.46. The lowest BCUT2D eigenvalue weighted by Crippen LogP contribution is -2.32. The van der Waals surface area contributed by atoms with Crippen molar-refractivity contribution in [2.24, 2.45) is 0 Å². The molecule has 0 spiro atoms. The molecule has 0 fully saturated rings. The average Bonchev–Trinajstić information content (AvgIpc) is 2.41. The molecule has 0 saturated carbocycles. The van der Waals surface area contributed by atoms with Crippen molar-refractivity contribution in [3.8, 4) is 0 Å². The van der Waals surface area contributed by atoms with Crippen molar-refractivity contribution in [1.29, 1.82) is 0 Å². The molecule has 0 heterocycles. The predicted molar refractivity (Wildman–Crippen MR) is 89.4 cm³/mol. The molecule has 0 radical (unpaired) electrons. The molecule has 0 aliphatic heterocycles. The summed E-state index contributed by atoms with van der Waals surface area (Å²) in [4.78, 5) is 22.9. The van der Waals surface area contributed by atoms with Gasteiger partial charge in [-0.2, -0.15) is 0 Å². The standard InChI is InChI=1S/C12H14Br2N2O4S/c1-2-21(20)4-3-15-12(19)16-10-8(11(17)18)5-7(13)6-9(10)14/h5-6H,2-4H2,1H3,(H,17,18)(H2,15,16,19). The molecular weight excluding hydrogens is 428 g/mol. The van der Waals surface area contributed by atoms with Crippen molar-refractivity contribution in [1.82, 2.24) is 5.32 Å². The normalized spacial score (nSPS) is 11.8. The highest BCUT2D eigenvalue weighted by Gasteiger charge is 2.16. The zero-order valence-corrected chi connectivity index (χ0v) is 15.1. The van der Waals surface area contributed by atoms with E-state index >= 15 is 0 Å². The van der Waals surface area contributed by atoms with Gasteiger partial charge in [0, 0.05) is 37.8 Å². The Labute approximate surface area is 141 Å². The van der Waals surface area contributed by atoms with Gasteiger partial charge in [-0.25, -0.2) is 9.59 Å². The smallest absolute Gasteiger partial charge is 0.337 e. The first-order valence-electron chi connectivity index (χ1n) is 5.97. The molecule has 6 nitrogen and oxygen atoms in total. The molecule has 1 rings (SSSR count). The summed E-state index contributed by atoms with van der Waals surface area (Å²) in [6.07, 6.45) is 0. The highest BCUT2D eigenvalue weighted by molar-refractivity contribution is 9.11. The minimum Gasteiger partial charge on any atom is -0.478 e. The van der Waals surface area contributed by atoms with Crippen LogP contribution in [0.3, 0.4) is 0 Å². The van der Waals surface area contributed by atoms with Crippen molar-refractivity contribution in [3.05, 3.63) is 26.6 Å². The van der Waals surface area contributed by atoms with Crippen molar-refractivity contribution in [2.75, 3.05) is 23.4 Å². The van der Waals surface area contributed by atoms with Crippen LogP contribution in [0.15, 0.2) is 21.1 Å². The second-order valence-electron chi connectivity index (χ2n) is 3.93. The van der Waals surface area contributed by atoms with E-state index in [2.05, 4.69) is 42.5 Å². The van der Waals surface area contributed by atoms with Crippen LogP contribution in [-0.4, -0.2) is 39.4 Å². The lowest BCUT2D eigenvalue weighted by molar-refractivity contribution is 0.0698. The molecule has 21 heavy (non-hydrogen) atoms. The number of urea groups is 1. The fraction of sp³-hybridized carbons (Fsp3) is 0.333. The number of rotatable bonds is 6. The highest BCUT2D eigenvalue weighted by atomic mass is 79.9. The summed E-state index contributed by atoms with van der Waals surface area (Å²) >= 11 is 6.40. The number of carbonyl (C=O) groups excluding carboxylic acids is 1. The Morgan fingerprint density at radius 2 is 2.00 bits per heavy atom. The Kier molecular flexibility index (Phi) is 7.33. The first-order valence-corrected chi connectivity index (χ1v) is 9.04. The molecular formula is C12H14Br2N2O4S. The lowest BCUT2D eigenvalue weighted by Gasteiger charge is -2.12. The summed E-state index contributed by atoms with van der Waals surface area (Å²) in [5.41, 5.74) is 0.128. The number of halogens is 2. The Morgan fingerprint density at radius 1 is 1.33 bits per heavy atom. The van der Waals surface area contributed by atoms with Crippen LogP contribution in [-0.2, 0) is 10.8 Å². The number of hydrogen-bond acceptors (Lipinski definition) is 3. The van der Waals surface area contributed by atoms with Crippen LogP contribution in [0.25, 0.3) is 0 Å².